The van der Waals surface area contributed by atoms with Gasteiger partial charge in [0.1, 0.15) is 5.82 Å². The standard InChI is InChI=1S/C17H19N7O/c1-10-11(2)20-15(19-10)12(3)21-17(25)23-16-22-14(9-18-24-16)13-7-5-4-6-8-13/h4-9,12H,1-3H3,(H,19,20)(H2,21,22,23,24,25). The van der Waals surface area contributed by atoms with Crippen molar-refractivity contribution in [1.82, 2.24) is 30.5 Å². The fourth-order valence-corrected chi connectivity index (χ4v) is 2.29. The van der Waals surface area contributed by atoms with Crippen LogP contribution in [0.5, 0.6) is 0 Å². The number of urea groups is 1. The summed E-state index contributed by atoms with van der Waals surface area (Å²) in [6, 6.07) is 8.86. The van der Waals surface area contributed by atoms with E-state index in [2.05, 4.69) is 35.8 Å². The van der Waals surface area contributed by atoms with Gasteiger partial charge in [0.2, 0.25) is 0 Å². The highest BCUT2D eigenvalue weighted by Gasteiger charge is 2.15. The van der Waals surface area contributed by atoms with Crippen LogP contribution in [0, 0.1) is 13.8 Å². The molecule has 0 saturated carbocycles. The summed E-state index contributed by atoms with van der Waals surface area (Å²) in [4.78, 5) is 24.0. The molecule has 25 heavy (non-hydrogen) atoms. The summed E-state index contributed by atoms with van der Waals surface area (Å²) < 4.78 is 0. The topological polar surface area (TPSA) is 108 Å². The minimum atomic E-state index is -0.425. The minimum Gasteiger partial charge on any atom is -0.344 e. The number of carbonyl (C=O) groups excluding carboxylic acids is 1. The van der Waals surface area contributed by atoms with Crippen LogP contribution >= 0.6 is 0 Å². The van der Waals surface area contributed by atoms with E-state index in [9.17, 15) is 4.79 Å². The minimum absolute atomic E-state index is 0.137. The van der Waals surface area contributed by atoms with Crippen LogP contribution in [0.4, 0.5) is 10.7 Å². The number of nitrogens with one attached hydrogen (secondary N) is 3. The summed E-state index contributed by atoms with van der Waals surface area (Å²) in [5.74, 6) is 0.833. The second-order valence-corrected chi connectivity index (χ2v) is 5.68. The van der Waals surface area contributed by atoms with Gasteiger partial charge < -0.3 is 10.3 Å². The van der Waals surface area contributed by atoms with Gasteiger partial charge >= 0.3 is 6.03 Å². The molecule has 1 unspecified atom stereocenters. The Bertz CT molecular complexity index is 856. The monoisotopic (exact) mass is 337 g/mol. The number of imidazole rings is 1. The molecule has 3 aromatic rings. The van der Waals surface area contributed by atoms with Crippen LogP contribution in [-0.4, -0.2) is 31.2 Å². The van der Waals surface area contributed by atoms with Gasteiger partial charge in [-0.2, -0.15) is 5.10 Å². The van der Waals surface area contributed by atoms with Crippen LogP contribution in [-0.2, 0) is 0 Å². The van der Waals surface area contributed by atoms with E-state index in [4.69, 9.17) is 0 Å². The molecule has 0 aliphatic carbocycles. The number of anilines is 1. The first-order chi connectivity index (χ1) is 12.0. The maximum atomic E-state index is 12.2. The maximum Gasteiger partial charge on any atom is 0.322 e. The Morgan fingerprint density at radius 1 is 1.16 bits per heavy atom. The third-order valence-electron chi connectivity index (χ3n) is 3.76. The van der Waals surface area contributed by atoms with E-state index in [0.717, 1.165) is 17.0 Å². The number of aromatic amines is 1. The average molecular weight is 337 g/mol. The highest BCUT2D eigenvalue weighted by Crippen LogP contribution is 2.16. The Hall–Kier alpha value is -3.29. The second-order valence-electron chi connectivity index (χ2n) is 5.68. The lowest BCUT2D eigenvalue weighted by molar-refractivity contribution is 0.248. The number of carbonyl (C=O) groups is 1. The van der Waals surface area contributed by atoms with Gasteiger partial charge in [0.05, 0.1) is 23.6 Å². The summed E-state index contributed by atoms with van der Waals surface area (Å²) in [6.07, 6.45) is 1.55. The largest absolute Gasteiger partial charge is 0.344 e. The molecule has 128 valence electrons. The SMILES string of the molecule is Cc1nc(C(C)NC(=O)Nc2nncc(-c3ccccc3)n2)[nH]c1C. The number of H-pyrrole nitrogens is 1. The smallest absolute Gasteiger partial charge is 0.322 e. The number of nitrogens with zero attached hydrogens (tertiary/aromatic N) is 4. The van der Waals surface area contributed by atoms with Crippen LogP contribution in [0.2, 0.25) is 0 Å². The molecule has 0 aliphatic rings. The Morgan fingerprint density at radius 2 is 1.92 bits per heavy atom. The summed E-state index contributed by atoms with van der Waals surface area (Å²) in [6.45, 7) is 5.70. The number of amides is 2. The molecule has 0 radical (unpaired) electrons. The number of benzene rings is 1. The number of aryl methyl sites for hydroxylation is 2. The zero-order chi connectivity index (χ0) is 17.8. The van der Waals surface area contributed by atoms with Gasteiger partial charge in [0, 0.05) is 11.3 Å². The molecular weight excluding hydrogens is 318 g/mol. The van der Waals surface area contributed by atoms with Gasteiger partial charge in [0.25, 0.3) is 5.95 Å². The first-order valence-electron chi connectivity index (χ1n) is 7.88. The normalized spacial score (nSPS) is 11.8. The number of rotatable bonds is 4. The van der Waals surface area contributed by atoms with Gasteiger partial charge in [-0.15, -0.1) is 5.10 Å². The molecule has 1 atom stereocenters. The highest BCUT2D eigenvalue weighted by atomic mass is 16.2. The Labute approximate surface area is 145 Å². The van der Waals surface area contributed by atoms with E-state index >= 15 is 0 Å². The number of hydrogen-bond acceptors (Lipinski definition) is 5. The van der Waals surface area contributed by atoms with Crippen molar-refractivity contribution in [3.05, 3.63) is 53.7 Å². The van der Waals surface area contributed by atoms with Crippen molar-refractivity contribution >= 4 is 12.0 Å². The van der Waals surface area contributed by atoms with E-state index < -0.39 is 6.03 Å². The summed E-state index contributed by atoms with van der Waals surface area (Å²) in [5, 5.41) is 13.1. The lowest BCUT2D eigenvalue weighted by Crippen LogP contribution is -2.32. The van der Waals surface area contributed by atoms with E-state index in [-0.39, 0.29) is 12.0 Å². The third-order valence-corrected chi connectivity index (χ3v) is 3.76. The molecule has 0 saturated heterocycles. The zero-order valence-corrected chi connectivity index (χ0v) is 14.2. The second kappa shape index (κ2) is 7.08. The van der Waals surface area contributed by atoms with E-state index in [1.54, 1.807) is 6.20 Å². The molecule has 2 aromatic heterocycles. The summed E-state index contributed by atoms with van der Waals surface area (Å²) in [5.41, 5.74) is 3.42. The molecule has 0 fully saturated rings. The van der Waals surface area contributed by atoms with Crippen molar-refractivity contribution in [2.45, 2.75) is 26.8 Å². The molecule has 0 spiro atoms. The van der Waals surface area contributed by atoms with Gasteiger partial charge in [-0.3, -0.25) is 5.32 Å². The van der Waals surface area contributed by atoms with E-state index in [1.165, 1.54) is 0 Å². The molecule has 2 amide bonds. The van der Waals surface area contributed by atoms with Gasteiger partial charge in [0.15, 0.2) is 0 Å². The summed E-state index contributed by atoms with van der Waals surface area (Å²) in [7, 11) is 0. The first-order valence-corrected chi connectivity index (χ1v) is 7.88. The van der Waals surface area contributed by atoms with Crippen molar-refractivity contribution in [1.29, 1.82) is 0 Å². The lowest BCUT2D eigenvalue weighted by Gasteiger charge is -2.12. The lowest BCUT2D eigenvalue weighted by atomic mass is 10.2. The molecule has 8 heteroatoms. The summed E-state index contributed by atoms with van der Waals surface area (Å²) >= 11 is 0. The molecule has 0 bridgehead atoms. The van der Waals surface area contributed by atoms with Crippen molar-refractivity contribution < 1.29 is 4.79 Å². The maximum absolute atomic E-state index is 12.2. The fraction of sp³-hybridized carbons (Fsp3) is 0.235. The quantitative estimate of drug-likeness (QED) is 0.678. The molecule has 8 nitrogen and oxygen atoms in total. The van der Waals surface area contributed by atoms with Crippen molar-refractivity contribution in [2.24, 2.45) is 0 Å². The Morgan fingerprint density at radius 3 is 2.60 bits per heavy atom. The van der Waals surface area contributed by atoms with E-state index in [0.29, 0.717) is 11.5 Å². The van der Waals surface area contributed by atoms with Crippen LogP contribution in [0.1, 0.15) is 30.2 Å². The first kappa shape index (κ1) is 16.6. The predicted molar refractivity (Wildman–Crippen MR) is 93.9 cm³/mol. The molecule has 3 rings (SSSR count). The van der Waals surface area contributed by atoms with Crippen molar-refractivity contribution in [3.8, 4) is 11.3 Å². The Kier molecular flexibility index (Phi) is 4.69. The Balaban J connectivity index is 1.67. The van der Waals surface area contributed by atoms with Gasteiger partial charge in [-0.1, -0.05) is 30.3 Å². The highest BCUT2D eigenvalue weighted by molar-refractivity contribution is 5.87. The zero-order valence-electron chi connectivity index (χ0n) is 14.2. The van der Waals surface area contributed by atoms with Crippen LogP contribution < -0.4 is 10.6 Å². The van der Waals surface area contributed by atoms with Crippen molar-refractivity contribution in [2.75, 3.05) is 5.32 Å². The molecule has 3 N–H and O–H groups in total. The van der Waals surface area contributed by atoms with Gasteiger partial charge in [-0.25, -0.2) is 14.8 Å². The molecule has 0 aliphatic heterocycles. The van der Waals surface area contributed by atoms with Gasteiger partial charge in [-0.05, 0) is 20.8 Å². The molecule has 1 aromatic carbocycles. The molecular formula is C17H19N7O. The van der Waals surface area contributed by atoms with Crippen LogP contribution in [0.15, 0.2) is 36.5 Å². The third kappa shape index (κ3) is 3.97. The number of hydrogen-bond donors (Lipinski definition) is 3. The van der Waals surface area contributed by atoms with Crippen LogP contribution in [0.25, 0.3) is 11.3 Å². The van der Waals surface area contributed by atoms with E-state index in [1.807, 2.05) is 51.1 Å². The van der Waals surface area contributed by atoms with Crippen LogP contribution in [0.3, 0.4) is 0 Å². The number of aromatic nitrogens is 5. The fourth-order valence-electron chi connectivity index (χ4n) is 2.29. The van der Waals surface area contributed by atoms with Crippen molar-refractivity contribution in [3.63, 3.8) is 0 Å². The average Bonchev–Trinajstić information content (AvgIpc) is 2.95. The predicted octanol–water partition coefficient (Wildman–Crippen LogP) is 2.76. The molecule has 2 heterocycles.